The maximum Gasteiger partial charge on any atom is 0.229 e. The first kappa shape index (κ1) is 21.5. The van der Waals surface area contributed by atoms with E-state index >= 15 is 0 Å². The van der Waals surface area contributed by atoms with Gasteiger partial charge in [0.15, 0.2) is 5.82 Å². The van der Waals surface area contributed by atoms with E-state index in [1.54, 1.807) is 12.3 Å². The van der Waals surface area contributed by atoms with Crippen LogP contribution in [-0.4, -0.2) is 60.4 Å². The maximum atomic E-state index is 11.9. The Labute approximate surface area is 183 Å². The Balaban J connectivity index is 1.76. The second-order valence-electron chi connectivity index (χ2n) is 8.10. The number of sulfonamides is 1. The monoisotopic (exact) mass is 440 g/mol. The van der Waals surface area contributed by atoms with Crippen molar-refractivity contribution in [2.45, 2.75) is 32.7 Å². The summed E-state index contributed by atoms with van der Waals surface area (Å²) in [5, 5.41) is 13.3. The Morgan fingerprint density at radius 3 is 2.84 bits per heavy atom. The summed E-state index contributed by atoms with van der Waals surface area (Å²) in [6, 6.07) is 9.69. The Kier molecular flexibility index (Phi) is 6.06. The molecule has 0 amide bonds. The molecule has 1 aliphatic rings. The fourth-order valence-electron chi connectivity index (χ4n) is 4.09. The number of fused-ring (bicyclic) bond motifs is 1. The van der Waals surface area contributed by atoms with Gasteiger partial charge in [0.25, 0.3) is 0 Å². The summed E-state index contributed by atoms with van der Waals surface area (Å²) in [5.41, 5.74) is 3.42. The van der Waals surface area contributed by atoms with Gasteiger partial charge in [-0.3, -0.25) is 9.71 Å². The van der Waals surface area contributed by atoms with Crippen LogP contribution in [0.15, 0.2) is 36.5 Å². The van der Waals surface area contributed by atoms with Crippen LogP contribution in [0, 0.1) is 6.92 Å². The van der Waals surface area contributed by atoms with Crippen LogP contribution in [0.2, 0.25) is 0 Å². The number of hydrogen-bond donors (Lipinski definition) is 2. The van der Waals surface area contributed by atoms with Crippen molar-refractivity contribution in [3.63, 3.8) is 0 Å². The Bertz CT molecular complexity index is 1200. The van der Waals surface area contributed by atoms with Crippen LogP contribution in [0.5, 0.6) is 0 Å². The van der Waals surface area contributed by atoms with Crippen molar-refractivity contribution < 1.29 is 8.42 Å². The van der Waals surface area contributed by atoms with E-state index in [4.69, 9.17) is 0 Å². The summed E-state index contributed by atoms with van der Waals surface area (Å²) in [5.74, 6) is 0.659. The molecule has 1 saturated heterocycles. The zero-order valence-electron chi connectivity index (χ0n) is 18.1. The normalized spacial score (nSPS) is 17.6. The first-order chi connectivity index (χ1) is 14.8. The number of piperidine rings is 1. The van der Waals surface area contributed by atoms with E-state index in [9.17, 15) is 8.42 Å². The number of aromatic nitrogens is 3. The summed E-state index contributed by atoms with van der Waals surface area (Å²) >= 11 is 0. The molecular weight excluding hydrogens is 412 g/mol. The molecule has 1 fully saturated rings. The van der Waals surface area contributed by atoms with Crippen molar-refractivity contribution in [3.8, 4) is 11.3 Å². The largest absolute Gasteiger partial charge is 0.363 e. The van der Waals surface area contributed by atoms with E-state index in [1.807, 2.05) is 31.2 Å². The molecule has 3 heterocycles. The van der Waals surface area contributed by atoms with Crippen molar-refractivity contribution in [2.24, 2.45) is 0 Å². The smallest absolute Gasteiger partial charge is 0.229 e. The molecule has 0 radical (unpaired) electrons. The van der Waals surface area contributed by atoms with E-state index in [1.165, 1.54) is 0 Å². The Morgan fingerprint density at radius 1 is 1.23 bits per heavy atom. The van der Waals surface area contributed by atoms with E-state index in [0.717, 1.165) is 55.2 Å². The number of benzene rings is 1. The van der Waals surface area contributed by atoms with Crippen molar-refractivity contribution in [1.82, 2.24) is 20.1 Å². The van der Waals surface area contributed by atoms with E-state index in [-0.39, 0.29) is 0 Å². The predicted molar refractivity (Wildman–Crippen MR) is 125 cm³/mol. The van der Waals surface area contributed by atoms with Crippen molar-refractivity contribution in [1.29, 1.82) is 0 Å². The zero-order chi connectivity index (χ0) is 22.0. The van der Waals surface area contributed by atoms with E-state index < -0.39 is 10.0 Å². The number of likely N-dealkylation sites (N-methyl/N-ethyl adjacent to an activating group) is 1. The van der Waals surface area contributed by atoms with Gasteiger partial charge in [-0.1, -0.05) is 19.1 Å². The van der Waals surface area contributed by atoms with E-state index in [2.05, 4.69) is 37.0 Å². The molecule has 1 aliphatic heterocycles. The molecule has 0 aliphatic carbocycles. The average Bonchev–Trinajstić information content (AvgIpc) is 2.74. The van der Waals surface area contributed by atoms with Gasteiger partial charge in [0.05, 0.1) is 11.9 Å². The number of aryl methyl sites for hydroxylation is 1. The summed E-state index contributed by atoms with van der Waals surface area (Å²) in [4.78, 5) is 7.00. The zero-order valence-corrected chi connectivity index (χ0v) is 18.9. The highest BCUT2D eigenvalue weighted by Crippen LogP contribution is 2.34. The second-order valence-corrected chi connectivity index (χ2v) is 9.85. The molecule has 31 heavy (non-hydrogen) atoms. The van der Waals surface area contributed by atoms with Crippen LogP contribution in [-0.2, 0) is 10.0 Å². The highest BCUT2D eigenvalue weighted by Gasteiger charge is 2.22. The van der Waals surface area contributed by atoms with Gasteiger partial charge >= 0.3 is 0 Å². The molecule has 1 aromatic carbocycles. The Hall–Kier alpha value is -2.78. The molecule has 0 spiro atoms. The lowest BCUT2D eigenvalue weighted by Gasteiger charge is -2.32. The van der Waals surface area contributed by atoms with Crippen LogP contribution < -0.4 is 10.0 Å². The topological polar surface area (TPSA) is 100 Å². The van der Waals surface area contributed by atoms with Gasteiger partial charge in [-0.05, 0) is 56.6 Å². The third-order valence-corrected chi connectivity index (χ3v) is 6.15. The minimum atomic E-state index is -3.44. The summed E-state index contributed by atoms with van der Waals surface area (Å²) in [6.45, 7) is 7.22. The van der Waals surface area contributed by atoms with Crippen molar-refractivity contribution in [2.75, 3.05) is 35.9 Å². The van der Waals surface area contributed by atoms with Gasteiger partial charge in [0.1, 0.15) is 11.2 Å². The lowest BCUT2D eigenvalue weighted by Crippen LogP contribution is -2.42. The SMILES string of the molecule is CCN1CCC[C@@H](Nc2nnc(-c3ccc(C)cc3NS(C)(=O)=O)c3cccnc23)C1. The molecule has 8 nitrogen and oxygen atoms in total. The van der Waals surface area contributed by atoms with Gasteiger partial charge in [0.2, 0.25) is 10.0 Å². The summed E-state index contributed by atoms with van der Waals surface area (Å²) in [6.07, 6.45) is 5.10. The van der Waals surface area contributed by atoms with Gasteiger partial charge in [0, 0.05) is 29.7 Å². The lowest BCUT2D eigenvalue weighted by atomic mass is 10.0. The molecule has 3 aromatic rings. The minimum absolute atomic E-state index is 0.292. The molecule has 9 heteroatoms. The number of nitrogens with zero attached hydrogens (tertiary/aromatic N) is 4. The number of anilines is 2. The highest BCUT2D eigenvalue weighted by atomic mass is 32.2. The van der Waals surface area contributed by atoms with Gasteiger partial charge < -0.3 is 10.2 Å². The van der Waals surface area contributed by atoms with Crippen LogP contribution in [0.25, 0.3) is 22.2 Å². The fourth-order valence-corrected chi connectivity index (χ4v) is 4.65. The number of pyridine rings is 1. The molecular formula is C22H28N6O2S. The van der Waals surface area contributed by atoms with Crippen molar-refractivity contribution >= 4 is 32.4 Å². The molecule has 1 atom stereocenters. The third-order valence-electron chi connectivity index (χ3n) is 5.56. The number of nitrogens with one attached hydrogen (secondary N) is 2. The van der Waals surface area contributed by atoms with E-state index in [0.29, 0.717) is 28.8 Å². The van der Waals surface area contributed by atoms with Gasteiger partial charge in [-0.2, -0.15) is 0 Å². The lowest BCUT2D eigenvalue weighted by molar-refractivity contribution is 0.226. The summed E-state index contributed by atoms with van der Waals surface area (Å²) < 4.78 is 26.4. The van der Waals surface area contributed by atoms with Gasteiger partial charge in [-0.25, -0.2) is 8.42 Å². The first-order valence-electron chi connectivity index (χ1n) is 10.5. The van der Waals surface area contributed by atoms with Crippen molar-refractivity contribution in [3.05, 3.63) is 42.1 Å². The predicted octanol–water partition coefficient (Wildman–Crippen LogP) is 3.27. The molecule has 164 valence electrons. The second kappa shape index (κ2) is 8.76. The van der Waals surface area contributed by atoms with Crippen LogP contribution >= 0.6 is 0 Å². The van der Waals surface area contributed by atoms with Crippen LogP contribution in [0.4, 0.5) is 11.5 Å². The van der Waals surface area contributed by atoms with Crippen LogP contribution in [0.3, 0.4) is 0 Å². The molecule has 0 bridgehead atoms. The van der Waals surface area contributed by atoms with Crippen LogP contribution in [0.1, 0.15) is 25.3 Å². The third kappa shape index (κ3) is 4.94. The maximum absolute atomic E-state index is 11.9. The number of hydrogen-bond acceptors (Lipinski definition) is 7. The average molecular weight is 441 g/mol. The quantitative estimate of drug-likeness (QED) is 0.607. The molecule has 2 aromatic heterocycles. The number of rotatable bonds is 6. The molecule has 4 rings (SSSR count). The van der Waals surface area contributed by atoms with Gasteiger partial charge in [-0.15, -0.1) is 10.2 Å². The molecule has 2 N–H and O–H groups in total. The minimum Gasteiger partial charge on any atom is -0.363 e. The fraction of sp³-hybridized carbons (Fsp3) is 0.409. The molecule has 0 unspecified atom stereocenters. The first-order valence-corrected chi connectivity index (χ1v) is 12.4. The number of likely N-dealkylation sites (tertiary alicyclic amines) is 1. The standard InChI is InChI=1S/C22H28N6O2S/c1-4-28-12-6-7-16(14-28)24-22-21-18(8-5-11-23-21)20(25-26-22)17-10-9-15(2)13-19(17)27-31(3,29)30/h5,8-11,13,16,27H,4,6-7,12,14H2,1-3H3,(H,24,26)/t16-/m1/s1. The summed E-state index contributed by atoms with van der Waals surface area (Å²) in [7, 11) is -3.44. The highest BCUT2D eigenvalue weighted by molar-refractivity contribution is 7.92. The Morgan fingerprint density at radius 2 is 2.06 bits per heavy atom. The molecule has 0 saturated carbocycles.